The number of anilines is 2. The lowest BCUT2D eigenvalue weighted by Crippen LogP contribution is -2.12. The van der Waals surface area contributed by atoms with Gasteiger partial charge in [0.05, 0.1) is 25.6 Å². The number of ether oxygens (including phenoxy) is 2. The van der Waals surface area contributed by atoms with Crippen LogP contribution in [0.3, 0.4) is 0 Å². The molecule has 6 nitrogen and oxygen atoms in total. The van der Waals surface area contributed by atoms with Crippen LogP contribution < -0.4 is 20.5 Å². The number of hydrogen-bond acceptors (Lipinski definition) is 5. The number of carbonyl (C=O) groups excluding carboxylic acids is 1. The Morgan fingerprint density at radius 3 is 2.67 bits per heavy atom. The number of nitrogens with two attached hydrogens (primary N) is 1. The van der Waals surface area contributed by atoms with E-state index in [4.69, 9.17) is 15.2 Å². The highest BCUT2D eigenvalue weighted by atomic mass is 35.5. The summed E-state index contributed by atoms with van der Waals surface area (Å²) in [5, 5.41) is 2.76. The van der Waals surface area contributed by atoms with E-state index in [0.717, 1.165) is 12.8 Å². The van der Waals surface area contributed by atoms with Gasteiger partial charge in [-0.15, -0.1) is 12.4 Å². The molecule has 0 aliphatic heterocycles. The van der Waals surface area contributed by atoms with Gasteiger partial charge in [-0.1, -0.05) is 13.3 Å². The molecule has 1 aromatic carbocycles. The van der Waals surface area contributed by atoms with Crippen molar-refractivity contribution in [2.75, 3.05) is 24.8 Å². The highest BCUT2D eigenvalue weighted by Crippen LogP contribution is 2.28. The Labute approximate surface area is 147 Å². The fourth-order valence-electron chi connectivity index (χ4n) is 1.94. The van der Waals surface area contributed by atoms with Crippen LogP contribution in [0.2, 0.25) is 0 Å². The highest BCUT2D eigenvalue weighted by Gasteiger charge is 2.11. The van der Waals surface area contributed by atoms with Crippen LogP contribution in [0.1, 0.15) is 30.1 Å². The number of rotatable bonds is 7. The second-order valence-electron chi connectivity index (χ2n) is 4.99. The molecule has 0 bridgehead atoms. The van der Waals surface area contributed by atoms with Gasteiger partial charge in [-0.2, -0.15) is 0 Å². The zero-order valence-corrected chi connectivity index (χ0v) is 14.6. The maximum absolute atomic E-state index is 12.3. The average Bonchev–Trinajstić information content (AvgIpc) is 2.57. The SMILES string of the molecule is CCCCOc1ccc(C(=O)Nc2ccc(N)nc2)cc1OC.Cl. The number of unbranched alkanes of at least 4 members (excludes halogenated alkanes) is 1. The van der Waals surface area contributed by atoms with Gasteiger partial charge in [0.15, 0.2) is 11.5 Å². The number of nitrogen functional groups attached to an aromatic ring is 1. The Balaban J connectivity index is 0.00000288. The van der Waals surface area contributed by atoms with Crippen LogP contribution in [0.25, 0.3) is 0 Å². The van der Waals surface area contributed by atoms with Crippen LogP contribution in [0.4, 0.5) is 11.5 Å². The van der Waals surface area contributed by atoms with Crippen LogP contribution in [-0.2, 0) is 0 Å². The fraction of sp³-hybridized carbons (Fsp3) is 0.294. The number of nitrogens with zero attached hydrogens (tertiary/aromatic N) is 1. The molecule has 1 aromatic heterocycles. The van der Waals surface area contributed by atoms with Gasteiger partial charge in [0, 0.05) is 5.56 Å². The molecule has 0 aliphatic carbocycles. The first-order chi connectivity index (χ1) is 11.1. The van der Waals surface area contributed by atoms with Crippen molar-refractivity contribution in [2.45, 2.75) is 19.8 Å². The number of aromatic nitrogens is 1. The third-order valence-electron chi connectivity index (χ3n) is 3.23. The number of nitrogens with one attached hydrogen (secondary N) is 1. The Bertz CT molecular complexity index is 663. The standard InChI is InChI=1S/C17H21N3O3.ClH/c1-3-4-9-23-14-7-5-12(10-15(14)22-2)17(21)20-13-6-8-16(18)19-11-13;/h5-8,10-11H,3-4,9H2,1-2H3,(H2,18,19)(H,20,21);1H. The summed E-state index contributed by atoms with van der Waals surface area (Å²) >= 11 is 0. The lowest BCUT2D eigenvalue weighted by atomic mass is 10.2. The van der Waals surface area contributed by atoms with E-state index in [1.54, 1.807) is 37.4 Å². The zero-order chi connectivity index (χ0) is 16.7. The van der Waals surface area contributed by atoms with Crippen LogP contribution in [0, 0.1) is 0 Å². The molecule has 2 aromatic rings. The molecule has 24 heavy (non-hydrogen) atoms. The maximum atomic E-state index is 12.3. The molecular formula is C17H22ClN3O3. The predicted molar refractivity (Wildman–Crippen MR) is 97.2 cm³/mol. The van der Waals surface area contributed by atoms with E-state index in [9.17, 15) is 4.79 Å². The van der Waals surface area contributed by atoms with Crippen molar-refractivity contribution < 1.29 is 14.3 Å². The van der Waals surface area contributed by atoms with Gasteiger partial charge >= 0.3 is 0 Å². The van der Waals surface area contributed by atoms with Gasteiger partial charge in [-0.3, -0.25) is 4.79 Å². The van der Waals surface area contributed by atoms with Crippen LogP contribution in [-0.4, -0.2) is 24.6 Å². The quantitative estimate of drug-likeness (QED) is 0.745. The van der Waals surface area contributed by atoms with E-state index in [1.807, 2.05) is 0 Å². The molecule has 3 N–H and O–H groups in total. The molecule has 0 atom stereocenters. The largest absolute Gasteiger partial charge is 0.493 e. The molecule has 1 amide bonds. The van der Waals surface area contributed by atoms with Crippen molar-refractivity contribution in [2.24, 2.45) is 0 Å². The minimum absolute atomic E-state index is 0. The number of halogens is 1. The van der Waals surface area contributed by atoms with E-state index in [1.165, 1.54) is 6.20 Å². The lowest BCUT2D eigenvalue weighted by Gasteiger charge is -2.12. The van der Waals surface area contributed by atoms with Crippen LogP contribution in [0.15, 0.2) is 36.5 Å². The van der Waals surface area contributed by atoms with Crippen molar-refractivity contribution in [1.82, 2.24) is 4.98 Å². The Morgan fingerprint density at radius 1 is 1.25 bits per heavy atom. The first-order valence-electron chi connectivity index (χ1n) is 7.47. The van der Waals surface area contributed by atoms with E-state index in [-0.39, 0.29) is 18.3 Å². The number of benzene rings is 1. The first-order valence-corrected chi connectivity index (χ1v) is 7.47. The summed E-state index contributed by atoms with van der Waals surface area (Å²) in [6, 6.07) is 8.41. The summed E-state index contributed by atoms with van der Waals surface area (Å²) in [7, 11) is 1.55. The summed E-state index contributed by atoms with van der Waals surface area (Å²) in [6.07, 6.45) is 3.53. The number of amides is 1. The number of methoxy groups -OCH3 is 1. The molecule has 0 saturated heterocycles. The Morgan fingerprint density at radius 2 is 2.04 bits per heavy atom. The minimum atomic E-state index is -0.255. The van der Waals surface area contributed by atoms with E-state index < -0.39 is 0 Å². The molecule has 0 spiro atoms. The second kappa shape index (κ2) is 9.62. The summed E-state index contributed by atoms with van der Waals surface area (Å²) < 4.78 is 11.0. The third-order valence-corrected chi connectivity index (χ3v) is 3.23. The van der Waals surface area contributed by atoms with Crippen molar-refractivity contribution >= 4 is 29.8 Å². The molecule has 0 radical (unpaired) electrons. The third kappa shape index (κ3) is 5.31. The molecule has 0 fully saturated rings. The highest BCUT2D eigenvalue weighted by molar-refractivity contribution is 6.04. The molecule has 7 heteroatoms. The summed E-state index contributed by atoms with van der Waals surface area (Å²) in [5.41, 5.74) is 6.57. The Kier molecular flexibility index (Phi) is 7.85. The first kappa shape index (κ1) is 19.6. The predicted octanol–water partition coefficient (Wildman–Crippen LogP) is 3.53. The topological polar surface area (TPSA) is 86.5 Å². The van der Waals surface area contributed by atoms with Crippen molar-refractivity contribution in [3.63, 3.8) is 0 Å². The average molecular weight is 352 g/mol. The van der Waals surface area contributed by atoms with E-state index in [2.05, 4.69) is 17.2 Å². The van der Waals surface area contributed by atoms with Crippen molar-refractivity contribution in [3.8, 4) is 11.5 Å². The fourth-order valence-corrected chi connectivity index (χ4v) is 1.94. The number of pyridine rings is 1. The summed E-state index contributed by atoms with van der Waals surface area (Å²) in [6.45, 7) is 2.72. The summed E-state index contributed by atoms with van der Waals surface area (Å²) in [5.74, 6) is 1.31. The van der Waals surface area contributed by atoms with Gasteiger partial charge in [0.2, 0.25) is 0 Å². The summed E-state index contributed by atoms with van der Waals surface area (Å²) in [4.78, 5) is 16.2. The lowest BCUT2D eigenvalue weighted by molar-refractivity contribution is 0.102. The normalized spacial score (nSPS) is 9.75. The Hall–Kier alpha value is -2.47. The monoisotopic (exact) mass is 351 g/mol. The van der Waals surface area contributed by atoms with Crippen LogP contribution >= 0.6 is 12.4 Å². The molecule has 1 heterocycles. The zero-order valence-electron chi connectivity index (χ0n) is 13.7. The minimum Gasteiger partial charge on any atom is -0.493 e. The van der Waals surface area contributed by atoms with Crippen molar-refractivity contribution in [1.29, 1.82) is 0 Å². The molecule has 2 rings (SSSR count). The van der Waals surface area contributed by atoms with Gasteiger partial charge in [-0.25, -0.2) is 4.98 Å². The van der Waals surface area contributed by atoms with Gasteiger partial charge < -0.3 is 20.5 Å². The molecule has 130 valence electrons. The smallest absolute Gasteiger partial charge is 0.255 e. The van der Waals surface area contributed by atoms with E-state index in [0.29, 0.717) is 35.2 Å². The molecule has 0 unspecified atom stereocenters. The van der Waals surface area contributed by atoms with Gasteiger partial charge in [-0.05, 0) is 36.8 Å². The number of carbonyl (C=O) groups is 1. The van der Waals surface area contributed by atoms with Gasteiger partial charge in [0.25, 0.3) is 5.91 Å². The molecule has 0 saturated carbocycles. The van der Waals surface area contributed by atoms with E-state index >= 15 is 0 Å². The molecular weight excluding hydrogens is 330 g/mol. The van der Waals surface area contributed by atoms with Crippen LogP contribution in [0.5, 0.6) is 11.5 Å². The van der Waals surface area contributed by atoms with Gasteiger partial charge in [0.1, 0.15) is 5.82 Å². The second-order valence-corrected chi connectivity index (χ2v) is 4.99. The number of hydrogen-bond donors (Lipinski definition) is 2. The maximum Gasteiger partial charge on any atom is 0.255 e. The molecule has 0 aliphatic rings. The van der Waals surface area contributed by atoms with Crippen molar-refractivity contribution in [3.05, 3.63) is 42.1 Å².